The maximum Gasteiger partial charge on any atom is 0.573 e. The fourth-order valence-electron chi connectivity index (χ4n) is 3.39. The van der Waals surface area contributed by atoms with Crippen LogP contribution >= 0.6 is 0 Å². The number of carbonyl (C=O) groups is 2. The number of benzene rings is 2. The lowest BCUT2D eigenvalue weighted by atomic mass is 9.97. The molecule has 1 aliphatic heterocycles. The predicted octanol–water partition coefficient (Wildman–Crippen LogP) is 3.83. The lowest BCUT2D eigenvalue weighted by molar-refractivity contribution is -0.274. The second-order valence-corrected chi connectivity index (χ2v) is 9.23. The van der Waals surface area contributed by atoms with Crippen molar-refractivity contribution >= 4 is 27.4 Å². The van der Waals surface area contributed by atoms with Crippen LogP contribution in [0.3, 0.4) is 0 Å². The van der Waals surface area contributed by atoms with Crippen LogP contribution in [0, 0.1) is 5.92 Å². The van der Waals surface area contributed by atoms with E-state index in [0.717, 1.165) is 6.07 Å². The number of Topliss-reactive ketones (excluding diaryl/α,β-unsaturated/α-hetero) is 1. The van der Waals surface area contributed by atoms with E-state index >= 15 is 0 Å². The molecule has 1 amide bonds. The molecule has 1 fully saturated rings. The van der Waals surface area contributed by atoms with Gasteiger partial charge >= 0.3 is 6.36 Å². The number of amides is 1. The van der Waals surface area contributed by atoms with E-state index in [1.54, 1.807) is 0 Å². The van der Waals surface area contributed by atoms with Crippen molar-refractivity contribution in [3.63, 3.8) is 0 Å². The molecule has 2 aromatic rings. The van der Waals surface area contributed by atoms with E-state index in [2.05, 4.69) is 10.1 Å². The largest absolute Gasteiger partial charge is 0.573 e. The van der Waals surface area contributed by atoms with Crippen LogP contribution in [-0.4, -0.2) is 43.9 Å². The van der Waals surface area contributed by atoms with Gasteiger partial charge in [-0.15, -0.1) is 13.2 Å². The number of piperidine rings is 1. The smallest absolute Gasteiger partial charge is 0.404 e. The van der Waals surface area contributed by atoms with Crippen LogP contribution in [0.4, 0.5) is 18.9 Å². The zero-order valence-electron chi connectivity index (χ0n) is 17.1. The van der Waals surface area contributed by atoms with Crippen LogP contribution in [0.25, 0.3) is 0 Å². The Kier molecular flexibility index (Phi) is 6.89. The molecule has 32 heavy (non-hydrogen) atoms. The minimum Gasteiger partial charge on any atom is -0.404 e. The number of nitrogens with zero attached hydrogens (tertiary/aromatic N) is 1. The number of anilines is 1. The Hall–Kier alpha value is -2.92. The van der Waals surface area contributed by atoms with Crippen LogP contribution < -0.4 is 10.1 Å². The number of alkyl halides is 3. The second-order valence-electron chi connectivity index (χ2n) is 7.29. The van der Waals surface area contributed by atoms with Crippen molar-refractivity contribution in [1.29, 1.82) is 0 Å². The molecule has 0 unspecified atom stereocenters. The molecule has 0 spiro atoms. The number of ether oxygens (including phenoxy) is 1. The predicted molar refractivity (Wildman–Crippen MR) is 110 cm³/mol. The Bertz CT molecular complexity index is 1090. The Morgan fingerprint density at radius 2 is 1.62 bits per heavy atom. The van der Waals surface area contributed by atoms with Gasteiger partial charge in [-0.05, 0) is 44.0 Å². The number of ketones is 1. The summed E-state index contributed by atoms with van der Waals surface area (Å²) < 4.78 is 68.5. The minimum absolute atomic E-state index is 0.0450. The molecule has 1 N–H and O–H groups in total. The van der Waals surface area contributed by atoms with E-state index in [0.29, 0.717) is 5.56 Å². The SMILES string of the molecule is CC(=O)c1ccc(S(=O)(=O)N2CCC(C(=O)Nc3ccccc3OC(F)(F)F)CC2)cc1. The van der Waals surface area contributed by atoms with Gasteiger partial charge in [-0.2, -0.15) is 4.31 Å². The summed E-state index contributed by atoms with van der Waals surface area (Å²) in [5.41, 5.74) is 0.282. The molecule has 0 radical (unpaired) electrons. The van der Waals surface area contributed by atoms with Crippen LogP contribution in [0.5, 0.6) is 5.75 Å². The van der Waals surface area contributed by atoms with Crippen molar-refractivity contribution in [3.8, 4) is 5.75 Å². The van der Waals surface area contributed by atoms with Gasteiger partial charge in [-0.25, -0.2) is 8.42 Å². The zero-order chi connectivity index (χ0) is 23.5. The van der Waals surface area contributed by atoms with Gasteiger partial charge in [0.2, 0.25) is 15.9 Å². The topological polar surface area (TPSA) is 92.8 Å². The maximum atomic E-state index is 12.8. The number of hydrogen-bond acceptors (Lipinski definition) is 5. The molecule has 7 nitrogen and oxygen atoms in total. The normalized spacial score (nSPS) is 15.9. The number of hydrogen-bond donors (Lipinski definition) is 1. The Morgan fingerprint density at radius 1 is 1.03 bits per heavy atom. The third kappa shape index (κ3) is 5.65. The van der Waals surface area contributed by atoms with Gasteiger partial charge in [-0.1, -0.05) is 24.3 Å². The molecule has 1 aliphatic rings. The fraction of sp³-hybridized carbons (Fsp3) is 0.333. The van der Waals surface area contributed by atoms with Gasteiger partial charge in [0.25, 0.3) is 0 Å². The monoisotopic (exact) mass is 470 g/mol. The number of halogens is 3. The molecule has 0 saturated carbocycles. The summed E-state index contributed by atoms with van der Waals surface area (Å²) in [6, 6.07) is 10.8. The van der Waals surface area contributed by atoms with Gasteiger partial charge in [0.15, 0.2) is 11.5 Å². The summed E-state index contributed by atoms with van der Waals surface area (Å²) in [6.07, 6.45) is -4.49. The highest BCUT2D eigenvalue weighted by atomic mass is 32.2. The molecule has 3 rings (SSSR count). The maximum absolute atomic E-state index is 12.8. The highest BCUT2D eigenvalue weighted by Gasteiger charge is 2.34. The van der Waals surface area contributed by atoms with Gasteiger partial charge in [0.05, 0.1) is 10.6 Å². The molecule has 1 heterocycles. The Morgan fingerprint density at radius 3 is 2.19 bits per heavy atom. The number of nitrogens with one attached hydrogen (secondary N) is 1. The lowest BCUT2D eigenvalue weighted by Gasteiger charge is -2.30. The summed E-state index contributed by atoms with van der Waals surface area (Å²) in [7, 11) is -3.79. The fourth-order valence-corrected chi connectivity index (χ4v) is 4.86. The quantitative estimate of drug-likeness (QED) is 0.648. The Labute approximate surface area is 183 Å². The molecule has 0 aromatic heterocycles. The van der Waals surface area contributed by atoms with Crippen molar-refractivity contribution in [3.05, 3.63) is 54.1 Å². The summed E-state index contributed by atoms with van der Waals surface area (Å²) in [5.74, 6) is -1.78. The average molecular weight is 470 g/mol. The van der Waals surface area contributed by atoms with Crippen LogP contribution in [0.2, 0.25) is 0 Å². The van der Waals surface area contributed by atoms with E-state index in [1.165, 1.54) is 53.7 Å². The minimum atomic E-state index is -4.90. The van der Waals surface area contributed by atoms with Crippen LogP contribution in [-0.2, 0) is 14.8 Å². The molecular formula is C21H21F3N2O5S. The number of rotatable bonds is 6. The van der Waals surface area contributed by atoms with E-state index in [1.807, 2.05) is 0 Å². The first-order valence-electron chi connectivity index (χ1n) is 9.74. The van der Waals surface area contributed by atoms with E-state index in [4.69, 9.17) is 0 Å². The summed E-state index contributed by atoms with van der Waals surface area (Å²) in [6.45, 7) is 1.54. The van der Waals surface area contributed by atoms with Gasteiger partial charge < -0.3 is 10.1 Å². The molecule has 11 heteroatoms. The zero-order valence-corrected chi connectivity index (χ0v) is 17.9. The molecule has 1 saturated heterocycles. The number of sulfonamides is 1. The highest BCUT2D eigenvalue weighted by molar-refractivity contribution is 7.89. The molecular weight excluding hydrogens is 449 g/mol. The number of carbonyl (C=O) groups excluding carboxylic acids is 2. The first-order chi connectivity index (χ1) is 15.0. The van der Waals surface area contributed by atoms with Crippen LogP contribution in [0.1, 0.15) is 30.1 Å². The first-order valence-corrected chi connectivity index (χ1v) is 11.2. The first kappa shape index (κ1) is 23.7. The second kappa shape index (κ2) is 9.29. The van der Waals surface area contributed by atoms with Crippen molar-refractivity contribution in [2.24, 2.45) is 5.92 Å². The van der Waals surface area contributed by atoms with Crippen molar-refractivity contribution in [1.82, 2.24) is 4.31 Å². The molecule has 0 bridgehead atoms. The van der Waals surface area contributed by atoms with E-state index in [9.17, 15) is 31.2 Å². The number of para-hydroxylation sites is 2. The van der Waals surface area contributed by atoms with Gasteiger partial charge in [0, 0.05) is 24.6 Å². The van der Waals surface area contributed by atoms with E-state index < -0.39 is 34.0 Å². The third-order valence-corrected chi connectivity index (χ3v) is 7.01. The summed E-state index contributed by atoms with van der Waals surface area (Å²) >= 11 is 0. The molecule has 172 valence electrons. The lowest BCUT2D eigenvalue weighted by Crippen LogP contribution is -2.41. The third-order valence-electron chi connectivity index (χ3n) is 5.09. The van der Waals surface area contributed by atoms with E-state index in [-0.39, 0.29) is 42.3 Å². The van der Waals surface area contributed by atoms with Crippen LogP contribution in [0.15, 0.2) is 53.4 Å². The summed E-state index contributed by atoms with van der Waals surface area (Å²) in [5, 5.41) is 2.44. The van der Waals surface area contributed by atoms with Crippen molar-refractivity contribution in [2.45, 2.75) is 31.0 Å². The molecule has 2 aromatic carbocycles. The van der Waals surface area contributed by atoms with Crippen molar-refractivity contribution in [2.75, 3.05) is 18.4 Å². The Balaban J connectivity index is 1.63. The summed E-state index contributed by atoms with van der Waals surface area (Å²) in [4.78, 5) is 24.0. The molecule has 0 aliphatic carbocycles. The highest BCUT2D eigenvalue weighted by Crippen LogP contribution is 2.31. The van der Waals surface area contributed by atoms with Crippen molar-refractivity contribution < 1.29 is 35.9 Å². The molecule has 0 atom stereocenters. The standard InChI is InChI=1S/C21H21F3N2O5S/c1-14(27)15-6-8-17(9-7-15)32(29,30)26-12-10-16(11-13-26)20(28)25-18-4-2-3-5-19(18)31-21(22,23)24/h2-9,16H,10-13H2,1H3,(H,25,28). The average Bonchev–Trinajstić information content (AvgIpc) is 2.74. The van der Waals surface area contributed by atoms with Gasteiger partial charge in [-0.3, -0.25) is 9.59 Å². The van der Waals surface area contributed by atoms with Gasteiger partial charge in [0.1, 0.15) is 0 Å².